The smallest absolute Gasteiger partial charge is 0.407 e. The first kappa shape index (κ1) is 12.4. The number of carboxylic acid groups (broad SMARTS) is 1. The van der Waals surface area contributed by atoms with Crippen LogP contribution in [-0.4, -0.2) is 58.4 Å². The molecular formula is C11H13ClN4O3. The maximum atomic E-state index is 11.0. The van der Waals surface area contributed by atoms with E-state index < -0.39 is 6.09 Å². The predicted molar refractivity (Wildman–Crippen MR) is 67.4 cm³/mol. The molecule has 1 unspecified atom stereocenters. The second kappa shape index (κ2) is 4.82. The van der Waals surface area contributed by atoms with Gasteiger partial charge in [-0.2, -0.15) is 0 Å². The van der Waals surface area contributed by atoms with Crippen molar-refractivity contribution in [2.24, 2.45) is 0 Å². The van der Waals surface area contributed by atoms with E-state index in [1.54, 1.807) is 6.20 Å². The van der Waals surface area contributed by atoms with E-state index in [0.717, 1.165) is 11.4 Å². The largest absolute Gasteiger partial charge is 0.465 e. The fraction of sp³-hybridized carbons (Fsp3) is 0.545. The number of halogens is 1. The number of aromatic nitrogens is 2. The highest BCUT2D eigenvalue weighted by molar-refractivity contribution is 6.28. The van der Waals surface area contributed by atoms with Gasteiger partial charge in [0.25, 0.3) is 0 Å². The molecule has 1 aromatic rings. The number of hydrogen-bond acceptors (Lipinski definition) is 5. The normalized spacial score (nSPS) is 22.5. The van der Waals surface area contributed by atoms with Gasteiger partial charge in [0.1, 0.15) is 5.82 Å². The predicted octanol–water partition coefficient (Wildman–Crippen LogP) is 0.829. The van der Waals surface area contributed by atoms with Crippen LogP contribution in [0.15, 0.2) is 6.20 Å². The summed E-state index contributed by atoms with van der Waals surface area (Å²) in [5.41, 5.74) is 0.885. The highest BCUT2D eigenvalue weighted by Crippen LogP contribution is 2.27. The van der Waals surface area contributed by atoms with Crippen LogP contribution < -0.4 is 4.90 Å². The molecule has 3 heterocycles. The lowest BCUT2D eigenvalue weighted by Crippen LogP contribution is -2.56. The van der Waals surface area contributed by atoms with Gasteiger partial charge in [0.05, 0.1) is 19.3 Å². The summed E-state index contributed by atoms with van der Waals surface area (Å²) in [6, 6.07) is -0.0305. The summed E-state index contributed by atoms with van der Waals surface area (Å²) in [4.78, 5) is 22.7. The van der Waals surface area contributed by atoms with Crippen LogP contribution in [0, 0.1) is 0 Å². The molecule has 1 amide bonds. The Kier molecular flexibility index (Phi) is 3.16. The number of amides is 1. The van der Waals surface area contributed by atoms with Crippen LogP contribution in [0.25, 0.3) is 0 Å². The van der Waals surface area contributed by atoms with Gasteiger partial charge in [0, 0.05) is 31.4 Å². The molecule has 1 aromatic heterocycles. The Bertz CT molecular complexity index is 513. The van der Waals surface area contributed by atoms with Gasteiger partial charge in [-0.1, -0.05) is 0 Å². The molecule has 102 valence electrons. The van der Waals surface area contributed by atoms with Crippen LogP contribution in [0.5, 0.6) is 0 Å². The number of piperazine rings is 1. The van der Waals surface area contributed by atoms with Crippen LogP contribution in [0.2, 0.25) is 5.28 Å². The first-order valence-electron chi connectivity index (χ1n) is 5.99. The molecule has 3 rings (SSSR count). The lowest BCUT2D eigenvalue weighted by molar-refractivity contribution is 0.0865. The number of ether oxygens (including phenoxy) is 1. The molecular weight excluding hydrogens is 272 g/mol. The standard InChI is InChI=1S/C11H13ClN4O3/c12-10-13-3-7-5-19-6-8-4-15(11(17)18)1-2-16(8)9(7)14-10/h3,8H,1-2,4-6H2,(H,17,18). The molecule has 1 N–H and O–H groups in total. The average molecular weight is 285 g/mol. The van der Waals surface area contributed by atoms with Crippen molar-refractivity contribution >= 4 is 23.5 Å². The zero-order valence-corrected chi connectivity index (χ0v) is 10.9. The van der Waals surface area contributed by atoms with Gasteiger partial charge in [-0.05, 0) is 11.6 Å². The highest BCUT2D eigenvalue weighted by Gasteiger charge is 2.33. The Labute approximate surface area is 114 Å². The molecule has 0 spiro atoms. The van der Waals surface area contributed by atoms with Crippen LogP contribution in [-0.2, 0) is 11.3 Å². The molecule has 2 aliphatic heterocycles. The third kappa shape index (κ3) is 2.31. The summed E-state index contributed by atoms with van der Waals surface area (Å²) >= 11 is 5.85. The van der Waals surface area contributed by atoms with E-state index >= 15 is 0 Å². The second-order valence-electron chi connectivity index (χ2n) is 4.58. The molecule has 0 aromatic carbocycles. The van der Waals surface area contributed by atoms with Crippen LogP contribution in [0.1, 0.15) is 5.56 Å². The SMILES string of the molecule is O=C(O)N1CCN2c3nc(Cl)ncc3COCC2C1. The Balaban J connectivity index is 1.91. The minimum Gasteiger partial charge on any atom is -0.465 e. The minimum atomic E-state index is -0.898. The van der Waals surface area contributed by atoms with E-state index in [1.807, 2.05) is 0 Å². The van der Waals surface area contributed by atoms with E-state index in [4.69, 9.17) is 21.4 Å². The van der Waals surface area contributed by atoms with Gasteiger partial charge in [-0.15, -0.1) is 0 Å². The van der Waals surface area contributed by atoms with Gasteiger partial charge < -0.3 is 19.6 Å². The van der Waals surface area contributed by atoms with E-state index in [0.29, 0.717) is 32.8 Å². The van der Waals surface area contributed by atoms with Gasteiger partial charge in [-0.25, -0.2) is 14.8 Å². The molecule has 2 aliphatic rings. The van der Waals surface area contributed by atoms with Crippen molar-refractivity contribution in [3.63, 3.8) is 0 Å². The lowest BCUT2D eigenvalue weighted by Gasteiger charge is -2.39. The van der Waals surface area contributed by atoms with Crippen molar-refractivity contribution in [1.82, 2.24) is 14.9 Å². The highest BCUT2D eigenvalue weighted by atomic mass is 35.5. The summed E-state index contributed by atoms with van der Waals surface area (Å²) < 4.78 is 5.57. The molecule has 19 heavy (non-hydrogen) atoms. The maximum Gasteiger partial charge on any atom is 0.407 e. The summed E-state index contributed by atoms with van der Waals surface area (Å²) in [7, 11) is 0. The number of rotatable bonds is 0. The summed E-state index contributed by atoms with van der Waals surface area (Å²) in [6.45, 7) is 2.34. The molecule has 0 bridgehead atoms. The first-order valence-corrected chi connectivity index (χ1v) is 6.36. The van der Waals surface area contributed by atoms with Crippen molar-refractivity contribution in [3.05, 3.63) is 17.0 Å². The molecule has 0 radical (unpaired) electrons. The number of fused-ring (bicyclic) bond motifs is 3. The molecule has 1 saturated heterocycles. The van der Waals surface area contributed by atoms with Crippen molar-refractivity contribution in [1.29, 1.82) is 0 Å². The topological polar surface area (TPSA) is 78.8 Å². The maximum absolute atomic E-state index is 11.0. The molecule has 0 saturated carbocycles. The van der Waals surface area contributed by atoms with Crippen molar-refractivity contribution < 1.29 is 14.6 Å². The van der Waals surface area contributed by atoms with E-state index in [9.17, 15) is 4.79 Å². The van der Waals surface area contributed by atoms with E-state index in [2.05, 4.69) is 14.9 Å². The fourth-order valence-electron chi connectivity index (χ4n) is 2.48. The number of hydrogen-bond donors (Lipinski definition) is 1. The summed E-state index contributed by atoms with van der Waals surface area (Å²) in [6.07, 6.45) is 0.765. The molecule has 1 fully saturated rings. The molecule has 8 heteroatoms. The van der Waals surface area contributed by atoms with Crippen LogP contribution in [0.3, 0.4) is 0 Å². The fourth-order valence-corrected chi connectivity index (χ4v) is 2.61. The van der Waals surface area contributed by atoms with Crippen LogP contribution >= 0.6 is 11.6 Å². The first-order chi connectivity index (χ1) is 9.15. The Hall–Kier alpha value is -1.60. The van der Waals surface area contributed by atoms with E-state index in [1.165, 1.54) is 4.90 Å². The van der Waals surface area contributed by atoms with E-state index in [-0.39, 0.29) is 11.3 Å². The quantitative estimate of drug-likeness (QED) is 0.711. The summed E-state index contributed by atoms with van der Waals surface area (Å²) in [5, 5.41) is 9.25. The Morgan fingerprint density at radius 2 is 2.37 bits per heavy atom. The van der Waals surface area contributed by atoms with Crippen LogP contribution in [0.4, 0.5) is 10.6 Å². The van der Waals surface area contributed by atoms with Gasteiger partial charge >= 0.3 is 6.09 Å². The lowest BCUT2D eigenvalue weighted by atomic mass is 10.1. The van der Waals surface area contributed by atoms with Crippen molar-refractivity contribution in [2.45, 2.75) is 12.6 Å². The zero-order chi connectivity index (χ0) is 13.4. The average Bonchev–Trinajstić information content (AvgIpc) is 2.57. The Morgan fingerprint density at radius 1 is 1.53 bits per heavy atom. The molecule has 0 aliphatic carbocycles. The van der Waals surface area contributed by atoms with Crippen molar-refractivity contribution in [2.75, 3.05) is 31.1 Å². The molecule has 1 atom stereocenters. The number of anilines is 1. The third-order valence-electron chi connectivity index (χ3n) is 3.41. The third-order valence-corrected chi connectivity index (χ3v) is 3.59. The van der Waals surface area contributed by atoms with Gasteiger partial charge in [0.2, 0.25) is 5.28 Å². The molecule has 7 nitrogen and oxygen atoms in total. The monoisotopic (exact) mass is 284 g/mol. The second-order valence-corrected chi connectivity index (χ2v) is 4.92. The van der Waals surface area contributed by atoms with Gasteiger partial charge in [0.15, 0.2) is 0 Å². The Morgan fingerprint density at radius 3 is 3.16 bits per heavy atom. The zero-order valence-electron chi connectivity index (χ0n) is 10.1. The van der Waals surface area contributed by atoms with Crippen molar-refractivity contribution in [3.8, 4) is 0 Å². The minimum absolute atomic E-state index is 0.0305. The summed E-state index contributed by atoms with van der Waals surface area (Å²) in [5.74, 6) is 0.757. The van der Waals surface area contributed by atoms with Gasteiger partial charge in [-0.3, -0.25) is 0 Å². The number of carbonyl (C=O) groups is 1. The number of nitrogens with zero attached hydrogens (tertiary/aromatic N) is 4.